The van der Waals surface area contributed by atoms with Gasteiger partial charge >= 0.3 is 5.97 Å². The van der Waals surface area contributed by atoms with Crippen molar-refractivity contribution in [1.82, 2.24) is 4.57 Å². The SMILES string of the molecule is CCn1cc(C(=O)O)c2cc(-c3cc(F)ccc3F)ccc21. The van der Waals surface area contributed by atoms with Crippen LogP contribution in [0.1, 0.15) is 17.3 Å². The van der Waals surface area contributed by atoms with Crippen LogP contribution in [0.15, 0.2) is 42.6 Å². The van der Waals surface area contributed by atoms with E-state index >= 15 is 0 Å². The standard InChI is InChI=1S/C17H13F2NO2/c1-2-20-9-14(17(21)22)13-7-10(3-6-16(13)20)12-8-11(18)4-5-15(12)19/h3-9H,2H2,1H3,(H,21,22). The average Bonchev–Trinajstić information content (AvgIpc) is 2.87. The van der Waals surface area contributed by atoms with Gasteiger partial charge in [-0.3, -0.25) is 0 Å². The highest BCUT2D eigenvalue weighted by Gasteiger charge is 2.15. The molecular weight excluding hydrogens is 288 g/mol. The third kappa shape index (κ3) is 2.24. The highest BCUT2D eigenvalue weighted by molar-refractivity contribution is 6.04. The number of hydrogen-bond donors (Lipinski definition) is 1. The van der Waals surface area contributed by atoms with Crippen LogP contribution in [0, 0.1) is 11.6 Å². The lowest BCUT2D eigenvalue weighted by atomic mass is 10.0. The van der Waals surface area contributed by atoms with E-state index in [-0.39, 0.29) is 11.1 Å². The largest absolute Gasteiger partial charge is 0.478 e. The molecule has 3 aromatic rings. The number of fused-ring (bicyclic) bond motifs is 1. The number of carbonyl (C=O) groups is 1. The Morgan fingerprint density at radius 1 is 1.18 bits per heavy atom. The number of halogens is 2. The fourth-order valence-corrected chi connectivity index (χ4v) is 2.62. The van der Waals surface area contributed by atoms with Crippen LogP contribution in [0.3, 0.4) is 0 Å². The molecule has 112 valence electrons. The number of hydrogen-bond acceptors (Lipinski definition) is 1. The molecule has 0 bridgehead atoms. The summed E-state index contributed by atoms with van der Waals surface area (Å²) in [4.78, 5) is 11.4. The molecule has 1 aromatic heterocycles. The molecule has 0 spiro atoms. The molecular formula is C17H13F2NO2. The van der Waals surface area contributed by atoms with Crippen LogP contribution in [0.5, 0.6) is 0 Å². The summed E-state index contributed by atoms with van der Waals surface area (Å²) < 4.78 is 29.1. The van der Waals surface area contributed by atoms with E-state index in [9.17, 15) is 18.7 Å². The number of aromatic carboxylic acids is 1. The number of carboxylic acid groups (broad SMARTS) is 1. The molecule has 5 heteroatoms. The van der Waals surface area contributed by atoms with Crippen molar-refractivity contribution in [3.8, 4) is 11.1 Å². The quantitative estimate of drug-likeness (QED) is 0.783. The van der Waals surface area contributed by atoms with Crippen LogP contribution < -0.4 is 0 Å². The Labute approximate surface area is 125 Å². The van der Waals surface area contributed by atoms with E-state index in [1.165, 1.54) is 0 Å². The number of rotatable bonds is 3. The van der Waals surface area contributed by atoms with Gasteiger partial charge in [0.15, 0.2) is 0 Å². The number of aryl methyl sites for hydroxylation is 1. The van der Waals surface area contributed by atoms with Crippen molar-refractivity contribution >= 4 is 16.9 Å². The van der Waals surface area contributed by atoms with Gasteiger partial charge in [0, 0.05) is 29.2 Å². The average molecular weight is 301 g/mol. The van der Waals surface area contributed by atoms with E-state index in [1.54, 1.807) is 24.4 Å². The second-order valence-corrected chi connectivity index (χ2v) is 4.99. The summed E-state index contributed by atoms with van der Waals surface area (Å²) in [6.45, 7) is 2.53. The Morgan fingerprint density at radius 3 is 2.64 bits per heavy atom. The third-order valence-corrected chi connectivity index (χ3v) is 3.69. The lowest BCUT2D eigenvalue weighted by Gasteiger charge is -2.06. The Balaban J connectivity index is 2.27. The summed E-state index contributed by atoms with van der Waals surface area (Å²) >= 11 is 0. The van der Waals surface area contributed by atoms with Crippen molar-refractivity contribution in [2.45, 2.75) is 13.5 Å². The van der Waals surface area contributed by atoms with Gasteiger partial charge in [-0.05, 0) is 42.8 Å². The van der Waals surface area contributed by atoms with Crippen LogP contribution >= 0.6 is 0 Å². The van der Waals surface area contributed by atoms with Gasteiger partial charge in [-0.2, -0.15) is 0 Å². The van der Waals surface area contributed by atoms with Gasteiger partial charge in [0.1, 0.15) is 11.6 Å². The summed E-state index contributed by atoms with van der Waals surface area (Å²) in [7, 11) is 0. The van der Waals surface area contributed by atoms with Crippen LogP contribution in [0.4, 0.5) is 8.78 Å². The van der Waals surface area contributed by atoms with Crippen molar-refractivity contribution < 1.29 is 18.7 Å². The van der Waals surface area contributed by atoms with E-state index < -0.39 is 17.6 Å². The zero-order valence-electron chi connectivity index (χ0n) is 11.8. The summed E-state index contributed by atoms with van der Waals surface area (Å²) in [5, 5.41) is 9.81. The maximum Gasteiger partial charge on any atom is 0.337 e. The highest BCUT2D eigenvalue weighted by Crippen LogP contribution is 2.30. The molecule has 3 rings (SSSR count). The van der Waals surface area contributed by atoms with Crippen LogP contribution in [-0.2, 0) is 6.54 Å². The lowest BCUT2D eigenvalue weighted by Crippen LogP contribution is -1.94. The predicted molar refractivity (Wildman–Crippen MR) is 79.9 cm³/mol. The molecule has 22 heavy (non-hydrogen) atoms. The lowest BCUT2D eigenvalue weighted by molar-refractivity contribution is 0.0699. The fraction of sp³-hybridized carbons (Fsp3) is 0.118. The Morgan fingerprint density at radius 2 is 1.95 bits per heavy atom. The predicted octanol–water partition coefficient (Wildman–Crippen LogP) is 4.30. The van der Waals surface area contributed by atoms with Crippen molar-refractivity contribution in [1.29, 1.82) is 0 Å². The number of nitrogens with zero attached hydrogens (tertiary/aromatic N) is 1. The van der Waals surface area contributed by atoms with Gasteiger partial charge in [0.25, 0.3) is 0 Å². The van der Waals surface area contributed by atoms with Gasteiger partial charge in [-0.1, -0.05) is 6.07 Å². The first-order valence-corrected chi connectivity index (χ1v) is 6.83. The van der Waals surface area contributed by atoms with Crippen molar-refractivity contribution in [2.75, 3.05) is 0 Å². The summed E-state index contributed by atoms with van der Waals surface area (Å²) in [5.41, 5.74) is 1.46. The molecule has 0 amide bonds. The molecule has 1 N–H and O–H groups in total. The monoisotopic (exact) mass is 301 g/mol. The van der Waals surface area contributed by atoms with Crippen LogP contribution in [0.25, 0.3) is 22.0 Å². The Hall–Kier alpha value is -2.69. The Bertz CT molecular complexity index is 884. The maximum absolute atomic E-state index is 13.9. The number of aromatic nitrogens is 1. The molecule has 0 aliphatic carbocycles. The molecule has 1 heterocycles. The van der Waals surface area contributed by atoms with E-state index in [4.69, 9.17) is 0 Å². The zero-order chi connectivity index (χ0) is 15.9. The topological polar surface area (TPSA) is 42.2 Å². The first kappa shape index (κ1) is 14.3. The normalized spacial score (nSPS) is 11.0. The smallest absolute Gasteiger partial charge is 0.337 e. The molecule has 0 radical (unpaired) electrons. The van der Waals surface area contributed by atoms with E-state index in [1.807, 2.05) is 11.5 Å². The summed E-state index contributed by atoms with van der Waals surface area (Å²) in [6.07, 6.45) is 1.55. The second-order valence-electron chi connectivity index (χ2n) is 4.99. The van der Waals surface area contributed by atoms with Crippen molar-refractivity contribution in [2.24, 2.45) is 0 Å². The van der Waals surface area contributed by atoms with Crippen molar-refractivity contribution in [3.63, 3.8) is 0 Å². The van der Waals surface area contributed by atoms with Crippen molar-refractivity contribution in [3.05, 3.63) is 59.8 Å². The molecule has 2 aromatic carbocycles. The minimum absolute atomic E-state index is 0.113. The first-order chi connectivity index (χ1) is 10.5. The van der Waals surface area contributed by atoms with E-state index in [0.29, 0.717) is 17.5 Å². The molecule has 0 fully saturated rings. The van der Waals surface area contributed by atoms with Gasteiger partial charge in [0.2, 0.25) is 0 Å². The summed E-state index contributed by atoms with van der Waals surface area (Å²) in [5.74, 6) is -2.14. The molecule has 0 saturated carbocycles. The minimum atomic E-state index is -1.05. The molecule has 0 unspecified atom stereocenters. The van der Waals surface area contributed by atoms with Crippen LogP contribution in [-0.4, -0.2) is 15.6 Å². The second kappa shape index (κ2) is 5.26. The first-order valence-electron chi connectivity index (χ1n) is 6.83. The zero-order valence-corrected chi connectivity index (χ0v) is 11.8. The van der Waals surface area contributed by atoms with Gasteiger partial charge < -0.3 is 9.67 Å². The Kier molecular flexibility index (Phi) is 3.41. The number of benzene rings is 2. The van der Waals surface area contributed by atoms with Crippen LogP contribution in [0.2, 0.25) is 0 Å². The maximum atomic E-state index is 13.9. The molecule has 0 atom stereocenters. The fourth-order valence-electron chi connectivity index (χ4n) is 2.62. The van der Waals surface area contributed by atoms with E-state index in [2.05, 4.69) is 0 Å². The molecule has 3 nitrogen and oxygen atoms in total. The summed E-state index contributed by atoms with van der Waals surface area (Å²) in [6, 6.07) is 8.19. The number of carboxylic acids is 1. The van der Waals surface area contributed by atoms with Gasteiger partial charge in [-0.15, -0.1) is 0 Å². The molecule has 0 saturated heterocycles. The molecule has 0 aliphatic heterocycles. The van der Waals surface area contributed by atoms with Gasteiger partial charge in [0.05, 0.1) is 5.56 Å². The third-order valence-electron chi connectivity index (χ3n) is 3.69. The van der Waals surface area contributed by atoms with Gasteiger partial charge in [-0.25, -0.2) is 13.6 Å². The van der Waals surface area contributed by atoms with E-state index in [0.717, 1.165) is 23.7 Å². The highest BCUT2D eigenvalue weighted by atomic mass is 19.1. The molecule has 0 aliphatic rings. The minimum Gasteiger partial charge on any atom is -0.478 e.